The van der Waals surface area contributed by atoms with E-state index in [1.807, 2.05) is 0 Å². The van der Waals surface area contributed by atoms with Crippen LogP contribution < -0.4 is 5.73 Å². The van der Waals surface area contributed by atoms with Crippen LogP contribution in [0.15, 0.2) is 11.1 Å². The predicted molar refractivity (Wildman–Crippen MR) is 47.3 cm³/mol. The summed E-state index contributed by atoms with van der Waals surface area (Å²) < 4.78 is 0. The molecule has 0 saturated heterocycles. The van der Waals surface area contributed by atoms with E-state index in [0.29, 0.717) is 6.04 Å². The van der Waals surface area contributed by atoms with Crippen LogP contribution in [0.5, 0.6) is 0 Å². The van der Waals surface area contributed by atoms with Crippen molar-refractivity contribution in [3.8, 4) is 0 Å². The van der Waals surface area contributed by atoms with Gasteiger partial charge in [0, 0.05) is 6.04 Å². The highest BCUT2D eigenvalue weighted by molar-refractivity contribution is 5.21. The quantitative estimate of drug-likeness (QED) is 0.528. The van der Waals surface area contributed by atoms with Gasteiger partial charge in [0.05, 0.1) is 0 Å². The molecule has 1 heteroatoms. The zero-order valence-corrected chi connectivity index (χ0v) is 7.10. The van der Waals surface area contributed by atoms with Crippen molar-refractivity contribution in [1.29, 1.82) is 0 Å². The fourth-order valence-electron chi connectivity index (χ4n) is 2.36. The average Bonchev–Trinajstić information content (AvgIpc) is 2.55. The van der Waals surface area contributed by atoms with E-state index in [4.69, 9.17) is 5.73 Å². The van der Waals surface area contributed by atoms with Gasteiger partial charge in [-0.3, -0.25) is 0 Å². The summed E-state index contributed by atoms with van der Waals surface area (Å²) in [5, 5.41) is 0. The van der Waals surface area contributed by atoms with Crippen LogP contribution in [0.25, 0.3) is 0 Å². The molecule has 11 heavy (non-hydrogen) atoms. The second-order valence-corrected chi connectivity index (χ2v) is 3.92. The lowest BCUT2D eigenvalue weighted by Gasteiger charge is -2.02. The highest BCUT2D eigenvalue weighted by Gasteiger charge is 2.20. The summed E-state index contributed by atoms with van der Waals surface area (Å²) in [4.78, 5) is 0. The molecule has 0 spiro atoms. The number of allylic oxidation sites excluding steroid dienone is 1. The molecular weight excluding hydrogens is 134 g/mol. The summed E-state index contributed by atoms with van der Waals surface area (Å²) >= 11 is 0. The molecule has 0 aromatic rings. The van der Waals surface area contributed by atoms with Crippen molar-refractivity contribution in [2.75, 3.05) is 0 Å². The molecule has 2 aliphatic rings. The van der Waals surface area contributed by atoms with E-state index in [-0.39, 0.29) is 0 Å². The molecule has 0 aliphatic heterocycles. The third kappa shape index (κ3) is 1.48. The van der Waals surface area contributed by atoms with E-state index in [2.05, 4.69) is 0 Å². The lowest BCUT2D eigenvalue weighted by molar-refractivity contribution is 0.711. The van der Waals surface area contributed by atoms with Crippen LogP contribution in [0.3, 0.4) is 0 Å². The summed E-state index contributed by atoms with van der Waals surface area (Å²) in [6.07, 6.45) is 9.34. The summed E-state index contributed by atoms with van der Waals surface area (Å²) in [5.74, 6) is 0. The van der Waals surface area contributed by atoms with E-state index < -0.39 is 0 Å². The third-order valence-corrected chi connectivity index (χ3v) is 3.03. The first-order valence-corrected chi connectivity index (χ1v) is 4.81. The first-order valence-electron chi connectivity index (χ1n) is 4.81. The summed E-state index contributed by atoms with van der Waals surface area (Å²) in [6.45, 7) is 0. The van der Waals surface area contributed by atoms with Gasteiger partial charge in [0.15, 0.2) is 0 Å². The van der Waals surface area contributed by atoms with Crippen molar-refractivity contribution in [3.63, 3.8) is 0 Å². The normalized spacial score (nSPS) is 31.9. The third-order valence-electron chi connectivity index (χ3n) is 3.03. The SMILES string of the molecule is NC1CCC(=C2CCCC2)C1. The Kier molecular flexibility index (Phi) is 1.99. The molecule has 0 bridgehead atoms. The fraction of sp³-hybridized carbons (Fsp3) is 0.800. The Labute approximate surface area is 68.7 Å². The van der Waals surface area contributed by atoms with Crippen molar-refractivity contribution >= 4 is 0 Å². The molecule has 0 heterocycles. The Hall–Kier alpha value is -0.300. The summed E-state index contributed by atoms with van der Waals surface area (Å²) in [6, 6.07) is 0.484. The maximum atomic E-state index is 5.86. The van der Waals surface area contributed by atoms with E-state index >= 15 is 0 Å². The van der Waals surface area contributed by atoms with Crippen LogP contribution in [-0.2, 0) is 0 Å². The van der Waals surface area contributed by atoms with Gasteiger partial charge >= 0.3 is 0 Å². The topological polar surface area (TPSA) is 26.0 Å². The van der Waals surface area contributed by atoms with Crippen LogP contribution >= 0.6 is 0 Å². The maximum Gasteiger partial charge on any atom is 0.00792 e. The minimum atomic E-state index is 0.484. The van der Waals surface area contributed by atoms with Gasteiger partial charge in [-0.25, -0.2) is 0 Å². The second-order valence-electron chi connectivity index (χ2n) is 3.92. The molecule has 2 rings (SSSR count). The minimum absolute atomic E-state index is 0.484. The summed E-state index contributed by atoms with van der Waals surface area (Å²) in [5.41, 5.74) is 9.34. The minimum Gasteiger partial charge on any atom is -0.327 e. The largest absolute Gasteiger partial charge is 0.327 e. The van der Waals surface area contributed by atoms with Gasteiger partial charge in [-0.05, 0) is 44.9 Å². The highest BCUT2D eigenvalue weighted by Crippen LogP contribution is 2.34. The van der Waals surface area contributed by atoms with Crippen LogP contribution in [0.4, 0.5) is 0 Å². The number of hydrogen-bond donors (Lipinski definition) is 1. The lowest BCUT2D eigenvalue weighted by atomic mass is 10.1. The zero-order chi connectivity index (χ0) is 7.68. The van der Waals surface area contributed by atoms with Gasteiger partial charge in [0.1, 0.15) is 0 Å². The molecule has 2 N–H and O–H groups in total. The molecule has 0 radical (unpaired) electrons. The molecule has 2 saturated carbocycles. The number of rotatable bonds is 0. The lowest BCUT2D eigenvalue weighted by Crippen LogP contribution is -2.13. The Morgan fingerprint density at radius 2 is 1.73 bits per heavy atom. The van der Waals surface area contributed by atoms with Crippen LogP contribution in [0, 0.1) is 0 Å². The van der Waals surface area contributed by atoms with Gasteiger partial charge in [-0.15, -0.1) is 0 Å². The van der Waals surface area contributed by atoms with E-state index in [1.54, 1.807) is 11.1 Å². The monoisotopic (exact) mass is 151 g/mol. The van der Waals surface area contributed by atoms with Gasteiger partial charge in [-0.2, -0.15) is 0 Å². The Morgan fingerprint density at radius 1 is 1.00 bits per heavy atom. The van der Waals surface area contributed by atoms with Crippen molar-refractivity contribution < 1.29 is 0 Å². The van der Waals surface area contributed by atoms with E-state index in [9.17, 15) is 0 Å². The molecule has 2 aliphatic carbocycles. The standard InChI is InChI=1S/C10H17N/c11-10-6-5-9(7-10)8-3-1-2-4-8/h10H,1-7,11H2. The van der Waals surface area contributed by atoms with Crippen molar-refractivity contribution in [2.45, 2.75) is 51.0 Å². The number of nitrogens with two attached hydrogens (primary N) is 1. The Bertz CT molecular complexity index is 173. The van der Waals surface area contributed by atoms with E-state index in [1.165, 1.54) is 44.9 Å². The average molecular weight is 151 g/mol. The predicted octanol–water partition coefficient (Wildman–Crippen LogP) is 2.37. The highest BCUT2D eigenvalue weighted by atomic mass is 14.6. The Balaban J connectivity index is 2.07. The van der Waals surface area contributed by atoms with Crippen molar-refractivity contribution in [1.82, 2.24) is 0 Å². The zero-order valence-electron chi connectivity index (χ0n) is 7.10. The first kappa shape index (κ1) is 7.35. The fourth-order valence-corrected chi connectivity index (χ4v) is 2.36. The molecule has 2 fully saturated rings. The number of hydrogen-bond acceptors (Lipinski definition) is 1. The molecule has 0 aromatic carbocycles. The molecule has 0 aromatic heterocycles. The maximum absolute atomic E-state index is 5.86. The molecule has 0 amide bonds. The van der Waals surface area contributed by atoms with Crippen LogP contribution in [0.1, 0.15) is 44.9 Å². The van der Waals surface area contributed by atoms with Crippen LogP contribution in [-0.4, -0.2) is 6.04 Å². The molecule has 62 valence electrons. The van der Waals surface area contributed by atoms with E-state index in [0.717, 1.165) is 0 Å². The van der Waals surface area contributed by atoms with Gasteiger partial charge in [-0.1, -0.05) is 11.1 Å². The van der Waals surface area contributed by atoms with Gasteiger partial charge in [0.25, 0.3) is 0 Å². The molecule has 1 unspecified atom stereocenters. The molecular formula is C10H17N. The second kappa shape index (κ2) is 2.98. The van der Waals surface area contributed by atoms with Crippen molar-refractivity contribution in [3.05, 3.63) is 11.1 Å². The van der Waals surface area contributed by atoms with Gasteiger partial charge in [0.2, 0.25) is 0 Å². The molecule has 1 nitrogen and oxygen atoms in total. The van der Waals surface area contributed by atoms with Gasteiger partial charge < -0.3 is 5.73 Å². The van der Waals surface area contributed by atoms with Crippen molar-refractivity contribution in [2.24, 2.45) is 5.73 Å². The summed E-state index contributed by atoms with van der Waals surface area (Å²) in [7, 11) is 0. The molecule has 1 atom stereocenters. The van der Waals surface area contributed by atoms with Crippen LogP contribution in [0.2, 0.25) is 0 Å². The Morgan fingerprint density at radius 3 is 2.27 bits per heavy atom. The smallest absolute Gasteiger partial charge is 0.00792 e. The first-order chi connectivity index (χ1) is 5.36.